The number of hydrogen-bond donors (Lipinski definition) is 0. The van der Waals surface area contributed by atoms with E-state index in [1.807, 2.05) is 30.3 Å². The molecule has 1 aliphatic carbocycles. The molecule has 0 aromatic heterocycles. The van der Waals surface area contributed by atoms with Gasteiger partial charge in [0.25, 0.3) is 0 Å². The molecule has 0 saturated carbocycles. The fourth-order valence-electron chi connectivity index (χ4n) is 4.12. The van der Waals surface area contributed by atoms with E-state index in [-0.39, 0.29) is 25.5 Å². The molecule has 0 bridgehead atoms. The first-order valence-electron chi connectivity index (χ1n) is 8.50. The Morgan fingerprint density at radius 1 is 0.808 bits per heavy atom. The minimum absolute atomic E-state index is 0.165. The zero-order chi connectivity index (χ0) is 17.3. The van der Waals surface area contributed by atoms with Gasteiger partial charge in [-0.3, -0.25) is 4.79 Å². The van der Waals surface area contributed by atoms with Crippen LogP contribution in [0.3, 0.4) is 0 Å². The highest BCUT2D eigenvalue weighted by Crippen LogP contribution is 2.47. The van der Waals surface area contributed by atoms with Crippen LogP contribution >= 0.6 is 0 Å². The van der Waals surface area contributed by atoms with E-state index in [0.717, 1.165) is 45.1 Å². The molecule has 1 unspecified atom stereocenters. The van der Waals surface area contributed by atoms with Crippen molar-refractivity contribution in [2.45, 2.75) is 6.42 Å². The minimum atomic E-state index is -0.247. The van der Waals surface area contributed by atoms with Crippen molar-refractivity contribution in [2.24, 2.45) is 5.92 Å². The van der Waals surface area contributed by atoms with Crippen molar-refractivity contribution < 1.29 is 28.5 Å². The van der Waals surface area contributed by atoms with E-state index in [9.17, 15) is 4.79 Å². The maximum absolute atomic E-state index is 12.3. The summed E-state index contributed by atoms with van der Waals surface area (Å²) in [7, 11) is 0. The molecule has 0 amide bonds. The average molecular weight is 350 g/mol. The van der Waals surface area contributed by atoms with Crippen LogP contribution in [-0.4, -0.2) is 26.2 Å². The molecule has 0 spiro atoms. The Bertz CT molecular complexity index is 1010. The Hall–Kier alpha value is -3.15. The van der Waals surface area contributed by atoms with Gasteiger partial charge in [0, 0.05) is 0 Å². The van der Waals surface area contributed by atoms with Crippen molar-refractivity contribution >= 4 is 11.5 Å². The first-order valence-corrected chi connectivity index (χ1v) is 8.50. The largest absolute Gasteiger partial charge is 0.461 e. The quantitative estimate of drug-likeness (QED) is 0.737. The molecule has 3 heterocycles. The number of esters is 1. The van der Waals surface area contributed by atoms with Crippen molar-refractivity contribution in [2.75, 3.05) is 20.2 Å². The summed E-state index contributed by atoms with van der Waals surface area (Å²) in [4.78, 5) is 12.3. The van der Waals surface area contributed by atoms with Crippen molar-refractivity contribution in [1.29, 1.82) is 0 Å². The molecule has 3 aliphatic heterocycles. The number of carbonyl (C=O) groups excluding carboxylic acids is 1. The highest BCUT2D eigenvalue weighted by molar-refractivity contribution is 5.94. The van der Waals surface area contributed by atoms with E-state index < -0.39 is 0 Å². The van der Waals surface area contributed by atoms with Gasteiger partial charge in [-0.25, -0.2) is 0 Å². The molecule has 0 N–H and O–H groups in total. The molecule has 2 aromatic rings. The summed E-state index contributed by atoms with van der Waals surface area (Å²) in [6.45, 7) is 0.769. The summed E-state index contributed by atoms with van der Waals surface area (Å²) in [5.41, 5.74) is 5.12. The summed E-state index contributed by atoms with van der Waals surface area (Å²) in [6, 6.07) is 9.84. The van der Waals surface area contributed by atoms with Gasteiger partial charge in [0.1, 0.15) is 6.61 Å². The highest BCUT2D eigenvalue weighted by Gasteiger charge is 2.39. The van der Waals surface area contributed by atoms with E-state index in [0.29, 0.717) is 18.8 Å². The Labute approximate surface area is 148 Å². The van der Waals surface area contributed by atoms with Gasteiger partial charge >= 0.3 is 5.97 Å². The number of ether oxygens (including phenoxy) is 5. The lowest BCUT2D eigenvalue weighted by Gasteiger charge is -2.24. The smallest absolute Gasteiger partial charge is 0.313 e. The third-order valence-electron chi connectivity index (χ3n) is 5.35. The lowest BCUT2D eigenvalue weighted by Crippen LogP contribution is -2.19. The summed E-state index contributed by atoms with van der Waals surface area (Å²) >= 11 is 0. The van der Waals surface area contributed by atoms with Crippen LogP contribution in [0.2, 0.25) is 0 Å². The van der Waals surface area contributed by atoms with Crippen molar-refractivity contribution in [1.82, 2.24) is 0 Å². The lowest BCUT2D eigenvalue weighted by molar-refractivity contribution is -0.141. The molecule has 6 heteroatoms. The zero-order valence-electron chi connectivity index (χ0n) is 13.7. The second kappa shape index (κ2) is 4.94. The van der Waals surface area contributed by atoms with E-state index >= 15 is 0 Å². The Morgan fingerprint density at radius 2 is 1.54 bits per heavy atom. The molecular weight excluding hydrogens is 336 g/mol. The summed E-state index contributed by atoms with van der Waals surface area (Å²) in [6.07, 6.45) is 0.619. The normalized spacial score (nSPS) is 21.5. The van der Waals surface area contributed by atoms with Crippen LogP contribution in [-0.2, 0) is 16.0 Å². The van der Waals surface area contributed by atoms with Gasteiger partial charge in [0.2, 0.25) is 13.6 Å². The minimum Gasteiger partial charge on any atom is -0.461 e. The van der Waals surface area contributed by atoms with Gasteiger partial charge in [-0.15, -0.1) is 0 Å². The van der Waals surface area contributed by atoms with Crippen LogP contribution in [0.15, 0.2) is 35.9 Å². The number of benzene rings is 2. The fourth-order valence-corrected chi connectivity index (χ4v) is 4.12. The molecule has 1 fully saturated rings. The predicted molar refractivity (Wildman–Crippen MR) is 89.3 cm³/mol. The lowest BCUT2D eigenvalue weighted by atomic mass is 9.77. The fraction of sp³-hybridized carbons (Fsp3) is 0.250. The second-order valence-electron chi connectivity index (χ2n) is 6.70. The standard InChI is InChI=1S/C20H14O6/c21-20-13-3-11-5-17-18(26-9-25-17)6-12(11)19(14(13)7-22-20)10-1-2-15-16(4-10)24-8-23-15/h1-2,4-6,13H,3,7-9H2. The first kappa shape index (κ1) is 14.1. The van der Waals surface area contributed by atoms with Gasteiger partial charge in [-0.1, -0.05) is 6.07 Å². The number of hydrogen-bond acceptors (Lipinski definition) is 6. The molecule has 130 valence electrons. The van der Waals surface area contributed by atoms with Crippen LogP contribution in [0, 0.1) is 5.92 Å². The van der Waals surface area contributed by atoms with Crippen LogP contribution < -0.4 is 18.9 Å². The van der Waals surface area contributed by atoms with Crippen molar-refractivity contribution in [3.63, 3.8) is 0 Å². The van der Waals surface area contributed by atoms with E-state index in [4.69, 9.17) is 23.7 Å². The van der Waals surface area contributed by atoms with Gasteiger partial charge in [-0.2, -0.15) is 0 Å². The van der Waals surface area contributed by atoms with E-state index in [2.05, 4.69) is 0 Å². The molecule has 2 aromatic carbocycles. The van der Waals surface area contributed by atoms with Gasteiger partial charge in [-0.05, 0) is 58.5 Å². The molecule has 0 radical (unpaired) electrons. The summed E-state index contributed by atoms with van der Waals surface area (Å²) in [5, 5.41) is 0. The SMILES string of the molecule is O=C1OCC2=C(c3ccc4c(c3)OCO4)c3cc4c(cc3CC12)OCO4. The third-order valence-corrected chi connectivity index (χ3v) is 5.35. The second-order valence-corrected chi connectivity index (χ2v) is 6.70. The molecular formula is C20H14O6. The third kappa shape index (κ3) is 1.84. The molecule has 26 heavy (non-hydrogen) atoms. The number of carbonyl (C=O) groups is 1. The average Bonchev–Trinajstić information content (AvgIpc) is 3.37. The first-order chi connectivity index (χ1) is 12.8. The monoisotopic (exact) mass is 350 g/mol. The molecule has 1 atom stereocenters. The summed E-state index contributed by atoms with van der Waals surface area (Å²) in [5.74, 6) is 2.49. The number of rotatable bonds is 1. The zero-order valence-corrected chi connectivity index (χ0v) is 13.7. The summed E-state index contributed by atoms with van der Waals surface area (Å²) < 4.78 is 27.4. The van der Waals surface area contributed by atoms with Crippen LogP contribution in [0.1, 0.15) is 16.7 Å². The van der Waals surface area contributed by atoms with E-state index in [1.54, 1.807) is 0 Å². The molecule has 4 aliphatic rings. The number of cyclic esters (lactones) is 1. The topological polar surface area (TPSA) is 63.2 Å². The Balaban J connectivity index is 1.59. The van der Waals surface area contributed by atoms with Crippen LogP contribution in [0.4, 0.5) is 0 Å². The molecule has 6 rings (SSSR count). The predicted octanol–water partition coefficient (Wildman–Crippen LogP) is 2.68. The molecule has 6 nitrogen and oxygen atoms in total. The van der Waals surface area contributed by atoms with Gasteiger partial charge < -0.3 is 23.7 Å². The maximum atomic E-state index is 12.3. The van der Waals surface area contributed by atoms with Crippen molar-refractivity contribution in [3.05, 3.63) is 52.6 Å². The van der Waals surface area contributed by atoms with Gasteiger partial charge in [0.05, 0.1) is 5.92 Å². The Morgan fingerprint density at radius 3 is 2.38 bits per heavy atom. The van der Waals surface area contributed by atoms with Gasteiger partial charge in [0.15, 0.2) is 23.0 Å². The molecule has 1 saturated heterocycles. The highest BCUT2D eigenvalue weighted by atomic mass is 16.7. The Kier molecular flexibility index (Phi) is 2.67. The van der Waals surface area contributed by atoms with Crippen LogP contribution in [0.25, 0.3) is 5.57 Å². The van der Waals surface area contributed by atoms with Crippen molar-refractivity contribution in [3.8, 4) is 23.0 Å². The van der Waals surface area contributed by atoms with Crippen LogP contribution in [0.5, 0.6) is 23.0 Å². The number of fused-ring (bicyclic) bond motifs is 4. The van der Waals surface area contributed by atoms with E-state index in [1.165, 1.54) is 0 Å². The maximum Gasteiger partial charge on any atom is 0.313 e.